The molecule has 0 aliphatic carbocycles. The fourth-order valence-corrected chi connectivity index (χ4v) is 1.71. The topological polar surface area (TPSA) is 30.3 Å². The number of ether oxygens (including phenoxy) is 1. The summed E-state index contributed by atoms with van der Waals surface area (Å²) in [5, 5.41) is 0. The van der Waals surface area contributed by atoms with E-state index in [0.717, 1.165) is 45.2 Å². The Morgan fingerprint density at radius 3 is 2.50 bits per heavy atom. The van der Waals surface area contributed by atoms with Crippen molar-refractivity contribution in [3.05, 3.63) is 18.2 Å². The van der Waals surface area contributed by atoms with Gasteiger partial charge in [-0.25, -0.2) is 4.98 Å². The molecule has 1 aromatic rings. The molecule has 0 bridgehead atoms. The lowest BCUT2D eigenvalue weighted by Crippen LogP contribution is -2.38. The quantitative estimate of drug-likeness (QED) is 0.782. The van der Waals surface area contributed by atoms with Crippen LogP contribution in [0.3, 0.4) is 0 Å². The Morgan fingerprint density at radius 1 is 1.25 bits per heavy atom. The maximum absolute atomic E-state index is 5.30. The Bertz CT molecular complexity index is 280. The van der Waals surface area contributed by atoms with Crippen LogP contribution in [0.15, 0.2) is 12.4 Å². The molecule has 0 spiro atoms. The van der Waals surface area contributed by atoms with Gasteiger partial charge in [0, 0.05) is 38.6 Å². The molecule has 0 radical (unpaired) electrons. The van der Waals surface area contributed by atoms with E-state index in [1.165, 1.54) is 0 Å². The minimum Gasteiger partial charge on any atom is -0.379 e. The van der Waals surface area contributed by atoms with Crippen LogP contribution in [-0.2, 0) is 11.3 Å². The lowest BCUT2D eigenvalue weighted by molar-refractivity contribution is 0.0363. The summed E-state index contributed by atoms with van der Waals surface area (Å²) >= 11 is 0. The van der Waals surface area contributed by atoms with Gasteiger partial charge in [0.15, 0.2) is 0 Å². The Balaban J connectivity index is 0.000000606. The summed E-state index contributed by atoms with van der Waals surface area (Å²) < 4.78 is 7.49. The van der Waals surface area contributed by atoms with Crippen LogP contribution in [0.2, 0.25) is 0 Å². The standard InChI is InChI=1S/C10H17N3O.C2H6/c1-10-11-2-3-13(10)5-4-12-6-8-14-9-7-12;1-2/h2-3H,4-9H2,1H3;1-2H3. The van der Waals surface area contributed by atoms with Crippen LogP contribution in [0.5, 0.6) is 0 Å². The highest BCUT2D eigenvalue weighted by atomic mass is 16.5. The minimum absolute atomic E-state index is 0.878. The molecular formula is C12H23N3O. The number of rotatable bonds is 3. The molecule has 1 aromatic heterocycles. The summed E-state index contributed by atoms with van der Waals surface area (Å²) in [7, 11) is 0. The van der Waals surface area contributed by atoms with E-state index in [2.05, 4.69) is 14.5 Å². The summed E-state index contributed by atoms with van der Waals surface area (Å²) in [5.74, 6) is 1.10. The van der Waals surface area contributed by atoms with Crippen molar-refractivity contribution >= 4 is 0 Å². The number of hydrogen-bond donors (Lipinski definition) is 0. The first-order valence-electron chi connectivity index (χ1n) is 6.14. The molecule has 0 aromatic carbocycles. The van der Waals surface area contributed by atoms with E-state index in [-0.39, 0.29) is 0 Å². The first-order valence-corrected chi connectivity index (χ1v) is 6.14. The second kappa shape index (κ2) is 7.41. The molecule has 16 heavy (non-hydrogen) atoms. The summed E-state index contributed by atoms with van der Waals surface area (Å²) in [4.78, 5) is 6.63. The smallest absolute Gasteiger partial charge is 0.105 e. The second-order valence-corrected chi connectivity index (χ2v) is 3.62. The van der Waals surface area contributed by atoms with E-state index in [0.29, 0.717) is 0 Å². The lowest BCUT2D eigenvalue weighted by Gasteiger charge is -2.26. The number of morpholine rings is 1. The fourth-order valence-electron chi connectivity index (χ4n) is 1.71. The molecule has 0 amide bonds. The first kappa shape index (κ1) is 13.2. The molecule has 2 heterocycles. The Hall–Kier alpha value is -0.870. The minimum atomic E-state index is 0.878. The van der Waals surface area contributed by atoms with Crippen LogP contribution >= 0.6 is 0 Å². The normalized spacial score (nSPS) is 16.7. The molecule has 0 saturated carbocycles. The third-order valence-electron chi connectivity index (χ3n) is 2.68. The summed E-state index contributed by atoms with van der Waals surface area (Å²) in [6.45, 7) is 12.1. The van der Waals surface area contributed by atoms with Crippen molar-refractivity contribution in [3.8, 4) is 0 Å². The first-order chi connectivity index (χ1) is 7.86. The predicted molar refractivity (Wildman–Crippen MR) is 65.6 cm³/mol. The molecule has 1 aliphatic rings. The molecule has 1 saturated heterocycles. The van der Waals surface area contributed by atoms with Crippen molar-refractivity contribution < 1.29 is 4.74 Å². The Kier molecular flexibility index (Phi) is 6.11. The van der Waals surface area contributed by atoms with Crippen molar-refractivity contribution in [2.75, 3.05) is 32.8 Å². The van der Waals surface area contributed by atoms with Gasteiger partial charge in [0.05, 0.1) is 13.2 Å². The van der Waals surface area contributed by atoms with Crippen molar-refractivity contribution in [3.63, 3.8) is 0 Å². The summed E-state index contributed by atoms with van der Waals surface area (Å²) in [6, 6.07) is 0. The second-order valence-electron chi connectivity index (χ2n) is 3.62. The zero-order valence-electron chi connectivity index (χ0n) is 10.6. The molecule has 2 rings (SSSR count). The van der Waals surface area contributed by atoms with E-state index in [1.54, 1.807) is 0 Å². The van der Waals surface area contributed by atoms with Crippen LogP contribution in [0.1, 0.15) is 19.7 Å². The number of hydrogen-bond acceptors (Lipinski definition) is 3. The van der Waals surface area contributed by atoms with Crippen LogP contribution in [0, 0.1) is 6.92 Å². The highest BCUT2D eigenvalue weighted by molar-refractivity contribution is 4.88. The van der Waals surface area contributed by atoms with Gasteiger partial charge >= 0.3 is 0 Å². The van der Waals surface area contributed by atoms with Gasteiger partial charge in [0.2, 0.25) is 0 Å². The zero-order valence-corrected chi connectivity index (χ0v) is 10.6. The van der Waals surface area contributed by atoms with Crippen LogP contribution in [0.4, 0.5) is 0 Å². The van der Waals surface area contributed by atoms with Gasteiger partial charge in [-0.2, -0.15) is 0 Å². The molecule has 0 N–H and O–H groups in total. The van der Waals surface area contributed by atoms with Gasteiger partial charge in [-0.05, 0) is 6.92 Å². The third kappa shape index (κ3) is 3.94. The molecular weight excluding hydrogens is 202 g/mol. The van der Waals surface area contributed by atoms with Gasteiger partial charge in [0.1, 0.15) is 5.82 Å². The molecule has 0 atom stereocenters. The predicted octanol–water partition coefficient (Wildman–Crippen LogP) is 1.55. The monoisotopic (exact) mass is 225 g/mol. The molecule has 92 valence electrons. The molecule has 0 unspecified atom stereocenters. The number of aromatic nitrogens is 2. The number of imidazole rings is 1. The van der Waals surface area contributed by atoms with Crippen molar-refractivity contribution in [2.45, 2.75) is 27.3 Å². The van der Waals surface area contributed by atoms with E-state index >= 15 is 0 Å². The van der Waals surface area contributed by atoms with E-state index in [4.69, 9.17) is 4.74 Å². The maximum atomic E-state index is 5.30. The summed E-state index contributed by atoms with van der Waals surface area (Å²) in [5.41, 5.74) is 0. The van der Waals surface area contributed by atoms with E-state index in [9.17, 15) is 0 Å². The lowest BCUT2D eigenvalue weighted by atomic mass is 10.4. The highest BCUT2D eigenvalue weighted by Crippen LogP contribution is 1.99. The molecule has 1 fully saturated rings. The molecule has 4 nitrogen and oxygen atoms in total. The van der Waals surface area contributed by atoms with Gasteiger partial charge < -0.3 is 9.30 Å². The van der Waals surface area contributed by atoms with Crippen LogP contribution in [0.25, 0.3) is 0 Å². The SMILES string of the molecule is CC.Cc1nccn1CCN1CCOCC1. The number of nitrogens with zero attached hydrogens (tertiary/aromatic N) is 3. The van der Waals surface area contributed by atoms with Crippen LogP contribution < -0.4 is 0 Å². The van der Waals surface area contributed by atoms with Crippen molar-refractivity contribution in [1.29, 1.82) is 0 Å². The largest absolute Gasteiger partial charge is 0.379 e. The van der Waals surface area contributed by atoms with Crippen LogP contribution in [-0.4, -0.2) is 47.3 Å². The van der Waals surface area contributed by atoms with Crippen molar-refractivity contribution in [1.82, 2.24) is 14.5 Å². The Morgan fingerprint density at radius 2 is 1.94 bits per heavy atom. The number of aryl methyl sites for hydroxylation is 1. The average Bonchev–Trinajstić information content (AvgIpc) is 2.76. The fraction of sp³-hybridized carbons (Fsp3) is 0.750. The molecule has 4 heteroatoms. The zero-order chi connectivity index (χ0) is 11.8. The third-order valence-corrected chi connectivity index (χ3v) is 2.68. The van der Waals surface area contributed by atoms with Crippen molar-refractivity contribution in [2.24, 2.45) is 0 Å². The summed E-state index contributed by atoms with van der Waals surface area (Å²) in [6.07, 6.45) is 3.89. The van der Waals surface area contributed by atoms with Gasteiger partial charge in [0.25, 0.3) is 0 Å². The highest BCUT2D eigenvalue weighted by Gasteiger charge is 2.09. The van der Waals surface area contributed by atoms with Gasteiger partial charge in [-0.15, -0.1) is 0 Å². The van der Waals surface area contributed by atoms with E-state index < -0.39 is 0 Å². The van der Waals surface area contributed by atoms with Gasteiger partial charge in [-0.3, -0.25) is 4.90 Å². The Labute approximate surface area is 98.2 Å². The van der Waals surface area contributed by atoms with Gasteiger partial charge in [-0.1, -0.05) is 13.8 Å². The molecule has 1 aliphatic heterocycles. The maximum Gasteiger partial charge on any atom is 0.105 e. The average molecular weight is 225 g/mol. The van der Waals surface area contributed by atoms with E-state index in [1.807, 2.05) is 33.2 Å².